The van der Waals surface area contributed by atoms with Crippen LogP contribution in [0.4, 0.5) is 0 Å². The number of likely N-dealkylation sites (N-methyl/N-ethyl adjacent to an activating group) is 1. The van der Waals surface area contributed by atoms with E-state index in [9.17, 15) is 19.2 Å². The average molecular weight is 301 g/mol. The Kier molecular flexibility index (Phi) is 6.10. The Morgan fingerprint density at radius 3 is 1.95 bits per heavy atom. The maximum atomic E-state index is 11.9. The summed E-state index contributed by atoms with van der Waals surface area (Å²) in [6.07, 6.45) is 1.88. The molecule has 0 saturated heterocycles. The fraction of sp³-hybridized carbons (Fsp3) is 0.667. The molecule has 9 heteroatoms. The molecule has 21 heavy (non-hydrogen) atoms. The van der Waals surface area contributed by atoms with Crippen LogP contribution < -0.4 is 5.32 Å². The van der Waals surface area contributed by atoms with Gasteiger partial charge in [-0.25, -0.2) is 0 Å². The molecule has 9 nitrogen and oxygen atoms in total. The highest BCUT2D eigenvalue weighted by molar-refractivity contribution is 5.86. The number of hydrogen-bond donors (Lipinski definition) is 3. The number of carboxylic acid groups (broad SMARTS) is 2. The lowest BCUT2D eigenvalue weighted by Gasteiger charge is -2.22. The van der Waals surface area contributed by atoms with Crippen molar-refractivity contribution < 1.29 is 29.4 Å². The third kappa shape index (κ3) is 7.25. The largest absolute Gasteiger partial charge is 0.480 e. The van der Waals surface area contributed by atoms with E-state index < -0.39 is 30.9 Å². The van der Waals surface area contributed by atoms with E-state index in [2.05, 4.69) is 5.32 Å². The molecule has 3 N–H and O–H groups in total. The van der Waals surface area contributed by atoms with Crippen LogP contribution in [0.25, 0.3) is 0 Å². The van der Waals surface area contributed by atoms with Gasteiger partial charge in [-0.2, -0.15) is 0 Å². The third-order valence-corrected chi connectivity index (χ3v) is 2.83. The molecular formula is C12H19N3O6. The van der Waals surface area contributed by atoms with Crippen LogP contribution >= 0.6 is 0 Å². The van der Waals surface area contributed by atoms with Crippen LogP contribution in [0.5, 0.6) is 0 Å². The maximum absolute atomic E-state index is 11.9. The van der Waals surface area contributed by atoms with Gasteiger partial charge < -0.3 is 20.4 Å². The van der Waals surface area contributed by atoms with Gasteiger partial charge >= 0.3 is 11.9 Å². The first kappa shape index (κ1) is 16.9. The second-order valence-electron chi connectivity index (χ2n) is 5.02. The summed E-state index contributed by atoms with van der Waals surface area (Å²) in [6, 6.07) is 0.191. The molecule has 0 spiro atoms. The van der Waals surface area contributed by atoms with Crippen LogP contribution in [0, 0.1) is 0 Å². The molecule has 0 aromatic rings. The maximum Gasteiger partial charge on any atom is 0.317 e. The van der Waals surface area contributed by atoms with Crippen molar-refractivity contribution >= 4 is 23.8 Å². The zero-order valence-corrected chi connectivity index (χ0v) is 11.7. The number of nitrogens with one attached hydrogen (secondary N) is 1. The lowest BCUT2D eigenvalue weighted by Crippen LogP contribution is -2.45. The fourth-order valence-electron chi connectivity index (χ4n) is 1.67. The summed E-state index contributed by atoms with van der Waals surface area (Å²) >= 11 is 0. The quantitative estimate of drug-likeness (QED) is 0.458. The predicted molar refractivity (Wildman–Crippen MR) is 70.5 cm³/mol. The lowest BCUT2D eigenvalue weighted by molar-refractivity contribution is -0.144. The van der Waals surface area contributed by atoms with Crippen LogP contribution in [0.3, 0.4) is 0 Å². The van der Waals surface area contributed by atoms with E-state index in [0.717, 1.165) is 22.6 Å². The van der Waals surface area contributed by atoms with Gasteiger partial charge in [-0.05, 0) is 12.8 Å². The third-order valence-electron chi connectivity index (χ3n) is 2.83. The van der Waals surface area contributed by atoms with Crippen molar-refractivity contribution in [2.45, 2.75) is 18.9 Å². The van der Waals surface area contributed by atoms with E-state index in [1.54, 1.807) is 0 Å². The highest BCUT2D eigenvalue weighted by Crippen LogP contribution is 2.18. The zero-order chi connectivity index (χ0) is 16.0. The second kappa shape index (κ2) is 7.58. The van der Waals surface area contributed by atoms with E-state index in [1.807, 2.05) is 0 Å². The van der Waals surface area contributed by atoms with Crippen molar-refractivity contribution in [2.24, 2.45) is 0 Å². The molecular weight excluding hydrogens is 282 g/mol. The Morgan fingerprint density at radius 2 is 1.52 bits per heavy atom. The molecule has 118 valence electrons. The number of aliphatic carboxylic acids is 2. The van der Waals surface area contributed by atoms with Gasteiger partial charge in [0, 0.05) is 13.1 Å². The van der Waals surface area contributed by atoms with Crippen LogP contribution in [0.2, 0.25) is 0 Å². The van der Waals surface area contributed by atoms with Gasteiger partial charge in [-0.3, -0.25) is 24.1 Å². The second-order valence-corrected chi connectivity index (χ2v) is 5.02. The number of amides is 2. The number of hydrogen-bond acceptors (Lipinski definition) is 5. The summed E-state index contributed by atoms with van der Waals surface area (Å²) in [7, 11) is 1.41. The number of carbonyl (C=O) groups is 4. The molecule has 1 saturated carbocycles. The molecule has 1 aliphatic rings. The van der Waals surface area contributed by atoms with Crippen LogP contribution in [-0.4, -0.2) is 83.0 Å². The highest BCUT2D eigenvalue weighted by atomic mass is 16.4. The average Bonchev–Trinajstić information content (AvgIpc) is 3.10. The summed E-state index contributed by atoms with van der Waals surface area (Å²) in [5.74, 6) is -3.24. The molecule has 0 unspecified atom stereocenters. The minimum absolute atomic E-state index is 0.136. The van der Waals surface area contributed by atoms with Crippen molar-refractivity contribution in [2.75, 3.05) is 33.2 Å². The lowest BCUT2D eigenvalue weighted by atomic mass is 10.4. The van der Waals surface area contributed by atoms with Crippen LogP contribution in [0.15, 0.2) is 0 Å². The van der Waals surface area contributed by atoms with E-state index >= 15 is 0 Å². The zero-order valence-electron chi connectivity index (χ0n) is 11.7. The Labute approximate surface area is 121 Å². The summed E-state index contributed by atoms with van der Waals surface area (Å²) in [5.41, 5.74) is 0. The van der Waals surface area contributed by atoms with E-state index in [0.29, 0.717) is 0 Å². The molecule has 0 bridgehead atoms. The van der Waals surface area contributed by atoms with Gasteiger partial charge in [0.25, 0.3) is 0 Å². The van der Waals surface area contributed by atoms with Crippen molar-refractivity contribution in [1.29, 1.82) is 0 Å². The highest BCUT2D eigenvalue weighted by Gasteiger charge is 2.25. The fourth-order valence-corrected chi connectivity index (χ4v) is 1.67. The van der Waals surface area contributed by atoms with Gasteiger partial charge in [0.2, 0.25) is 11.8 Å². The molecule has 0 heterocycles. The van der Waals surface area contributed by atoms with E-state index in [1.165, 1.54) is 7.05 Å². The summed E-state index contributed by atoms with van der Waals surface area (Å²) in [6.45, 7) is -1.62. The molecule has 0 aromatic carbocycles. The summed E-state index contributed by atoms with van der Waals surface area (Å²) < 4.78 is 0. The summed E-state index contributed by atoms with van der Waals surface area (Å²) in [5, 5.41) is 20.1. The molecule has 0 aromatic heterocycles. The normalized spacial score (nSPS) is 13.8. The van der Waals surface area contributed by atoms with E-state index in [4.69, 9.17) is 10.2 Å². The Hall–Kier alpha value is -2.16. The smallest absolute Gasteiger partial charge is 0.317 e. The van der Waals surface area contributed by atoms with E-state index in [-0.39, 0.29) is 25.0 Å². The topological polar surface area (TPSA) is 127 Å². The number of carboxylic acids is 2. The Balaban J connectivity index is 2.43. The first-order valence-corrected chi connectivity index (χ1v) is 6.47. The molecule has 2 amide bonds. The van der Waals surface area contributed by atoms with Gasteiger partial charge in [0.15, 0.2) is 0 Å². The minimum Gasteiger partial charge on any atom is -0.480 e. The number of nitrogens with zero attached hydrogens (tertiary/aromatic N) is 2. The summed E-state index contributed by atoms with van der Waals surface area (Å²) in [4.78, 5) is 46.8. The first-order valence-electron chi connectivity index (χ1n) is 6.47. The molecule has 1 rings (SSSR count). The van der Waals surface area contributed by atoms with Crippen LogP contribution in [0.1, 0.15) is 12.8 Å². The van der Waals surface area contributed by atoms with Gasteiger partial charge in [0.05, 0.1) is 26.2 Å². The van der Waals surface area contributed by atoms with Crippen molar-refractivity contribution in [3.63, 3.8) is 0 Å². The number of rotatable bonds is 9. The van der Waals surface area contributed by atoms with Gasteiger partial charge in [0.1, 0.15) is 0 Å². The molecule has 1 fully saturated rings. The molecule has 0 radical (unpaired) electrons. The van der Waals surface area contributed by atoms with Crippen molar-refractivity contribution in [3.05, 3.63) is 0 Å². The predicted octanol–water partition coefficient (Wildman–Crippen LogP) is -1.81. The molecule has 0 aliphatic heterocycles. The molecule has 1 aliphatic carbocycles. The SMILES string of the molecule is CN(CC(=O)NC1CC1)C(=O)CN(CC(=O)O)CC(=O)O. The number of carbonyl (C=O) groups excluding carboxylic acids is 2. The van der Waals surface area contributed by atoms with Gasteiger partial charge in [-0.1, -0.05) is 0 Å². The Morgan fingerprint density at radius 1 is 1.00 bits per heavy atom. The standard InChI is InChI=1S/C12H19N3O6/c1-14(4-9(16)13-8-2-3-8)10(17)5-15(6-11(18)19)7-12(20)21/h8H,2-7H2,1H3,(H,13,16)(H,18,19)(H,20,21). The monoisotopic (exact) mass is 301 g/mol. The van der Waals surface area contributed by atoms with Crippen LogP contribution in [-0.2, 0) is 19.2 Å². The van der Waals surface area contributed by atoms with Crippen molar-refractivity contribution in [3.8, 4) is 0 Å². The first-order chi connectivity index (χ1) is 9.77. The minimum atomic E-state index is -1.22. The molecule has 0 atom stereocenters. The Bertz CT molecular complexity index is 419. The van der Waals surface area contributed by atoms with Gasteiger partial charge in [-0.15, -0.1) is 0 Å². The van der Waals surface area contributed by atoms with Crippen molar-refractivity contribution in [1.82, 2.24) is 15.1 Å².